The van der Waals surface area contributed by atoms with Crippen LogP contribution >= 0.6 is 0 Å². The van der Waals surface area contributed by atoms with Gasteiger partial charge in [-0.25, -0.2) is 4.39 Å². The van der Waals surface area contributed by atoms with Gasteiger partial charge < -0.3 is 0 Å². The highest BCUT2D eigenvalue weighted by molar-refractivity contribution is 5.98. The molecule has 17 heavy (non-hydrogen) atoms. The number of Topliss-reactive ketones (excluding diaryl/α,β-unsaturated/α-hetero) is 1. The molecule has 2 heteroatoms. The maximum atomic E-state index is 13.7. The lowest BCUT2D eigenvalue weighted by atomic mass is 9.90. The van der Waals surface area contributed by atoms with Gasteiger partial charge in [0.25, 0.3) is 0 Å². The fraction of sp³-hybridized carbons (Fsp3) is 0.533. The van der Waals surface area contributed by atoms with E-state index in [0.717, 1.165) is 31.2 Å². The van der Waals surface area contributed by atoms with Crippen molar-refractivity contribution in [2.75, 3.05) is 0 Å². The fourth-order valence-electron chi connectivity index (χ4n) is 2.58. The predicted octanol–water partition coefficient (Wildman–Crippen LogP) is 4.29. The average molecular weight is 234 g/mol. The van der Waals surface area contributed by atoms with Gasteiger partial charge >= 0.3 is 0 Å². The van der Waals surface area contributed by atoms with Crippen LogP contribution < -0.4 is 0 Å². The van der Waals surface area contributed by atoms with Crippen LogP contribution in [-0.4, -0.2) is 5.78 Å². The maximum absolute atomic E-state index is 13.7. The number of rotatable bonds is 2. The normalized spacial score (nSPS) is 17.8. The van der Waals surface area contributed by atoms with Crippen LogP contribution in [0.5, 0.6) is 0 Å². The molecule has 0 saturated heterocycles. The molecule has 0 atom stereocenters. The first-order chi connectivity index (χ1) is 8.18. The monoisotopic (exact) mass is 234 g/mol. The lowest BCUT2D eigenvalue weighted by Crippen LogP contribution is -2.15. The second kappa shape index (κ2) is 5.44. The van der Waals surface area contributed by atoms with Crippen molar-refractivity contribution in [3.05, 3.63) is 35.1 Å². The summed E-state index contributed by atoms with van der Waals surface area (Å²) in [5.74, 6) is -0.321. The van der Waals surface area contributed by atoms with E-state index in [9.17, 15) is 9.18 Å². The van der Waals surface area contributed by atoms with Crippen LogP contribution in [0.1, 0.15) is 54.4 Å². The zero-order valence-electron chi connectivity index (χ0n) is 10.3. The summed E-state index contributed by atoms with van der Waals surface area (Å²) < 4.78 is 13.7. The Balaban J connectivity index is 2.17. The Morgan fingerprint density at radius 3 is 2.41 bits per heavy atom. The van der Waals surface area contributed by atoms with Gasteiger partial charge in [0.2, 0.25) is 0 Å². The minimum absolute atomic E-state index is 0.00407. The molecule has 1 aromatic carbocycles. The highest BCUT2D eigenvalue weighted by Crippen LogP contribution is 2.27. The Bertz CT molecular complexity index is 403. The number of hydrogen-bond donors (Lipinski definition) is 0. The molecule has 0 unspecified atom stereocenters. The van der Waals surface area contributed by atoms with E-state index in [-0.39, 0.29) is 23.1 Å². The molecule has 1 fully saturated rings. The fourth-order valence-corrected chi connectivity index (χ4v) is 2.58. The van der Waals surface area contributed by atoms with Crippen LogP contribution in [-0.2, 0) is 0 Å². The number of aryl methyl sites for hydroxylation is 1. The summed E-state index contributed by atoms with van der Waals surface area (Å²) in [6.45, 7) is 1.84. The van der Waals surface area contributed by atoms with Crippen LogP contribution in [0.2, 0.25) is 0 Å². The first kappa shape index (κ1) is 12.3. The number of ketones is 1. The lowest BCUT2D eigenvalue weighted by Gasteiger charge is -2.13. The largest absolute Gasteiger partial charge is 0.294 e. The second-order valence-corrected chi connectivity index (χ2v) is 5.04. The van der Waals surface area contributed by atoms with Gasteiger partial charge in [0, 0.05) is 5.92 Å². The summed E-state index contributed by atoms with van der Waals surface area (Å²) >= 11 is 0. The van der Waals surface area contributed by atoms with Gasteiger partial charge in [0.15, 0.2) is 5.78 Å². The molecule has 0 heterocycles. The van der Waals surface area contributed by atoms with Crippen molar-refractivity contribution >= 4 is 5.78 Å². The standard InChI is InChI=1S/C15H19FO/c1-11-8-9-13(14(16)10-11)15(17)12-6-4-2-3-5-7-12/h8-10,12H,2-7H2,1H3. The van der Waals surface area contributed by atoms with Gasteiger partial charge in [-0.05, 0) is 37.5 Å². The Kier molecular flexibility index (Phi) is 3.93. The zero-order valence-corrected chi connectivity index (χ0v) is 10.3. The molecular formula is C15H19FO. The van der Waals surface area contributed by atoms with Crippen molar-refractivity contribution in [3.63, 3.8) is 0 Å². The third kappa shape index (κ3) is 2.93. The van der Waals surface area contributed by atoms with Crippen molar-refractivity contribution in [1.29, 1.82) is 0 Å². The number of benzene rings is 1. The summed E-state index contributed by atoms with van der Waals surface area (Å²) in [6.07, 6.45) is 6.46. The van der Waals surface area contributed by atoms with E-state index in [1.807, 2.05) is 13.0 Å². The van der Waals surface area contributed by atoms with E-state index in [4.69, 9.17) is 0 Å². The SMILES string of the molecule is Cc1ccc(C(=O)C2CCCCCC2)c(F)c1. The van der Waals surface area contributed by atoms with Crippen molar-refractivity contribution in [2.45, 2.75) is 45.4 Å². The quantitative estimate of drug-likeness (QED) is 0.551. The Hall–Kier alpha value is -1.18. The van der Waals surface area contributed by atoms with Crippen LogP contribution in [0.4, 0.5) is 4.39 Å². The summed E-state index contributed by atoms with van der Waals surface area (Å²) in [5.41, 5.74) is 1.14. The van der Waals surface area contributed by atoms with Gasteiger partial charge in [0.1, 0.15) is 5.82 Å². The highest BCUT2D eigenvalue weighted by atomic mass is 19.1. The number of carbonyl (C=O) groups excluding carboxylic acids is 1. The van der Waals surface area contributed by atoms with Crippen molar-refractivity contribution < 1.29 is 9.18 Å². The summed E-state index contributed by atoms with van der Waals surface area (Å²) in [4.78, 5) is 12.2. The number of halogens is 1. The van der Waals surface area contributed by atoms with Crippen LogP contribution in [0.3, 0.4) is 0 Å². The summed E-state index contributed by atoms with van der Waals surface area (Å²) in [6, 6.07) is 4.90. The average Bonchev–Trinajstić information content (AvgIpc) is 2.56. The Morgan fingerprint density at radius 1 is 1.18 bits per heavy atom. The zero-order chi connectivity index (χ0) is 12.3. The number of carbonyl (C=O) groups is 1. The molecule has 1 nitrogen and oxygen atoms in total. The van der Waals surface area contributed by atoms with Crippen molar-refractivity contribution in [3.8, 4) is 0 Å². The highest BCUT2D eigenvalue weighted by Gasteiger charge is 2.23. The van der Waals surface area contributed by atoms with E-state index in [2.05, 4.69) is 0 Å². The van der Waals surface area contributed by atoms with E-state index >= 15 is 0 Å². The molecule has 0 spiro atoms. The van der Waals surface area contributed by atoms with E-state index in [0.29, 0.717) is 0 Å². The van der Waals surface area contributed by atoms with Gasteiger partial charge in [-0.1, -0.05) is 31.7 Å². The van der Waals surface area contributed by atoms with E-state index in [1.54, 1.807) is 6.07 Å². The third-order valence-corrected chi connectivity index (χ3v) is 3.62. The molecule has 92 valence electrons. The molecule has 0 aromatic heterocycles. The van der Waals surface area contributed by atoms with E-state index in [1.165, 1.54) is 18.9 Å². The molecule has 1 saturated carbocycles. The molecular weight excluding hydrogens is 215 g/mol. The van der Waals surface area contributed by atoms with Gasteiger partial charge in [0.05, 0.1) is 5.56 Å². The molecule has 2 rings (SSSR count). The lowest BCUT2D eigenvalue weighted by molar-refractivity contribution is 0.0903. The molecule has 1 aliphatic rings. The molecule has 0 aliphatic heterocycles. The van der Waals surface area contributed by atoms with Crippen LogP contribution in [0.15, 0.2) is 18.2 Å². The van der Waals surface area contributed by atoms with Gasteiger partial charge in [-0.2, -0.15) is 0 Å². The van der Waals surface area contributed by atoms with E-state index < -0.39 is 0 Å². The predicted molar refractivity (Wildman–Crippen MR) is 66.7 cm³/mol. The Morgan fingerprint density at radius 2 is 1.82 bits per heavy atom. The molecule has 0 N–H and O–H groups in total. The summed E-state index contributed by atoms with van der Waals surface area (Å²) in [5, 5.41) is 0. The number of hydrogen-bond acceptors (Lipinski definition) is 1. The Labute approximate surface area is 102 Å². The maximum Gasteiger partial charge on any atom is 0.168 e. The molecule has 1 aromatic rings. The second-order valence-electron chi connectivity index (χ2n) is 5.04. The molecule has 0 radical (unpaired) electrons. The van der Waals surface area contributed by atoms with Crippen LogP contribution in [0, 0.1) is 18.7 Å². The van der Waals surface area contributed by atoms with Crippen LogP contribution in [0.25, 0.3) is 0 Å². The first-order valence-electron chi connectivity index (χ1n) is 6.49. The molecule has 1 aliphatic carbocycles. The van der Waals surface area contributed by atoms with Gasteiger partial charge in [-0.15, -0.1) is 0 Å². The smallest absolute Gasteiger partial charge is 0.168 e. The molecule has 0 amide bonds. The minimum atomic E-state index is -0.362. The van der Waals surface area contributed by atoms with Crippen molar-refractivity contribution in [1.82, 2.24) is 0 Å². The van der Waals surface area contributed by atoms with Crippen molar-refractivity contribution in [2.24, 2.45) is 5.92 Å². The minimum Gasteiger partial charge on any atom is -0.294 e. The molecule has 0 bridgehead atoms. The third-order valence-electron chi connectivity index (χ3n) is 3.62. The first-order valence-corrected chi connectivity index (χ1v) is 6.49. The van der Waals surface area contributed by atoms with Gasteiger partial charge in [-0.3, -0.25) is 4.79 Å². The summed E-state index contributed by atoms with van der Waals surface area (Å²) in [7, 11) is 0. The topological polar surface area (TPSA) is 17.1 Å².